The van der Waals surface area contributed by atoms with Crippen molar-refractivity contribution >= 4 is 23.2 Å². The van der Waals surface area contributed by atoms with Gasteiger partial charge in [-0.2, -0.15) is 0 Å². The average Bonchev–Trinajstić information content (AvgIpc) is 3.54. The summed E-state index contributed by atoms with van der Waals surface area (Å²) in [4.78, 5) is 29.8. The second-order valence-corrected chi connectivity index (χ2v) is 8.01. The van der Waals surface area contributed by atoms with Crippen molar-refractivity contribution in [2.24, 2.45) is 5.41 Å². The van der Waals surface area contributed by atoms with E-state index in [4.69, 9.17) is 0 Å². The van der Waals surface area contributed by atoms with Crippen LogP contribution in [0.25, 0.3) is 0 Å². The molecule has 0 bridgehead atoms. The van der Waals surface area contributed by atoms with Gasteiger partial charge in [0.05, 0.1) is 5.69 Å². The average molecular weight is 395 g/mol. The number of piperazine rings is 1. The van der Waals surface area contributed by atoms with Gasteiger partial charge >= 0.3 is 0 Å². The minimum Gasteiger partial charge on any atom is -0.366 e. The van der Waals surface area contributed by atoms with E-state index in [2.05, 4.69) is 5.32 Å². The van der Waals surface area contributed by atoms with E-state index in [1.54, 1.807) is 17.0 Å². The Hall–Kier alpha value is -2.89. The quantitative estimate of drug-likeness (QED) is 0.806. The highest BCUT2D eigenvalue weighted by Gasteiger charge is 2.58. The standard InChI is InChI=1S/C23H26FN3O2/c1-16-6-5-8-19(17(16)2)25-21(28)23(10-11-23)22(29)27-14-12-26(13-15-27)20-9-4-3-7-18(20)24/h3-9H,10-15H2,1-2H3,(H,25,28). The second kappa shape index (κ2) is 7.50. The summed E-state index contributed by atoms with van der Waals surface area (Å²) < 4.78 is 14.0. The highest BCUT2D eigenvalue weighted by Crippen LogP contribution is 2.48. The molecule has 1 saturated heterocycles. The summed E-state index contributed by atoms with van der Waals surface area (Å²) in [6.07, 6.45) is 1.16. The van der Waals surface area contributed by atoms with Crippen molar-refractivity contribution in [2.75, 3.05) is 36.4 Å². The maximum absolute atomic E-state index is 14.0. The van der Waals surface area contributed by atoms with Crippen molar-refractivity contribution < 1.29 is 14.0 Å². The Bertz CT molecular complexity index is 947. The largest absolute Gasteiger partial charge is 0.366 e. The van der Waals surface area contributed by atoms with Gasteiger partial charge in [0.2, 0.25) is 11.8 Å². The molecule has 0 spiro atoms. The fourth-order valence-electron chi connectivity index (χ4n) is 3.95. The van der Waals surface area contributed by atoms with Crippen LogP contribution in [0.3, 0.4) is 0 Å². The van der Waals surface area contributed by atoms with Crippen LogP contribution in [0.2, 0.25) is 0 Å². The lowest BCUT2D eigenvalue weighted by Crippen LogP contribution is -2.52. The Morgan fingerprint density at radius 3 is 2.31 bits per heavy atom. The van der Waals surface area contributed by atoms with Gasteiger partial charge in [0.25, 0.3) is 0 Å². The van der Waals surface area contributed by atoms with Crippen LogP contribution in [0.4, 0.5) is 15.8 Å². The molecule has 2 aromatic rings. The van der Waals surface area contributed by atoms with Gasteiger partial charge in [-0.15, -0.1) is 0 Å². The highest BCUT2D eigenvalue weighted by atomic mass is 19.1. The first kappa shape index (κ1) is 19.4. The molecule has 2 aromatic carbocycles. The molecule has 1 saturated carbocycles. The predicted molar refractivity (Wildman–Crippen MR) is 111 cm³/mol. The SMILES string of the molecule is Cc1cccc(NC(=O)C2(C(=O)N3CCN(c4ccccc4F)CC3)CC2)c1C. The van der Waals surface area contributed by atoms with E-state index < -0.39 is 5.41 Å². The summed E-state index contributed by atoms with van der Waals surface area (Å²) in [6, 6.07) is 12.5. The molecule has 0 aromatic heterocycles. The third-order valence-corrected chi connectivity index (χ3v) is 6.21. The number of hydrogen-bond acceptors (Lipinski definition) is 3. The minimum atomic E-state index is -0.948. The Morgan fingerprint density at radius 2 is 1.66 bits per heavy atom. The van der Waals surface area contributed by atoms with Gasteiger partial charge in [0.1, 0.15) is 11.2 Å². The fraction of sp³-hybridized carbons (Fsp3) is 0.391. The normalized spacial score (nSPS) is 17.8. The lowest BCUT2D eigenvalue weighted by Gasteiger charge is -2.37. The maximum Gasteiger partial charge on any atom is 0.240 e. The van der Waals surface area contributed by atoms with Gasteiger partial charge in [-0.05, 0) is 56.0 Å². The number of carbonyl (C=O) groups excluding carboxylic acids is 2. The van der Waals surface area contributed by atoms with E-state index in [0.29, 0.717) is 44.7 Å². The van der Waals surface area contributed by atoms with Crippen molar-refractivity contribution in [1.29, 1.82) is 0 Å². The number of para-hydroxylation sites is 1. The number of nitrogens with one attached hydrogen (secondary N) is 1. The van der Waals surface area contributed by atoms with Crippen molar-refractivity contribution in [3.05, 3.63) is 59.4 Å². The zero-order valence-electron chi connectivity index (χ0n) is 16.9. The summed E-state index contributed by atoms with van der Waals surface area (Å²) in [6.45, 7) is 6.06. The molecule has 0 atom stereocenters. The number of carbonyl (C=O) groups is 2. The van der Waals surface area contributed by atoms with Gasteiger partial charge < -0.3 is 15.1 Å². The summed E-state index contributed by atoms with van der Waals surface area (Å²) in [7, 11) is 0. The van der Waals surface area contributed by atoms with E-state index in [-0.39, 0.29) is 17.6 Å². The van der Waals surface area contributed by atoms with E-state index in [0.717, 1.165) is 16.8 Å². The van der Waals surface area contributed by atoms with Crippen LogP contribution in [-0.2, 0) is 9.59 Å². The van der Waals surface area contributed by atoms with Gasteiger partial charge in [-0.25, -0.2) is 4.39 Å². The first-order valence-corrected chi connectivity index (χ1v) is 10.1. The number of nitrogens with zero attached hydrogens (tertiary/aromatic N) is 2. The zero-order valence-corrected chi connectivity index (χ0v) is 16.9. The van der Waals surface area contributed by atoms with Crippen LogP contribution < -0.4 is 10.2 Å². The van der Waals surface area contributed by atoms with Crippen LogP contribution in [-0.4, -0.2) is 42.9 Å². The first-order valence-electron chi connectivity index (χ1n) is 10.1. The van der Waals surface area contributed by atoms with Crippen LogP contribution >= 0.6 is 0 Å². The topological polar surface area (TPSA) is 52.7 Å². The lowest BCUT2D eigenvalue weighted by atomic mass is 10.0. The number of anilines is 2. The van der Waals surface area contributed by atoms with Crippen molar-refractivity contribution in [3.63, 3.8) is 0 Å². The van der Waals surface area contributed by atoms with E-state index in [9.17, 15) is 14.0 Å². The van der Waals surface area contributed by atoms with E-state index in [1.165, 1.54) is 6.07 Å². The summed E-state index contributed by atoms with van der Waals surface area (Å²) in [5.41, 5.74) is 2.49. The molecule has 2 amide bonds. The molecule has 152 valence electrons. The van der Waals surface area contributed by atoms with Gasteiger partial charge in [0, 0.05) is 31.9 Å². The maximum atomic E-state index is 14.0. The van der Waals surface area contributed by atoms with Crippen molar-refractivity contribution in [2.45, 2.75) is 26.7 Å². The number of hydrogen-bond donors (Lipinski definition) is 1. The molecule has 29 heavy (non-hydrogen) atoms. The van der Waals surface area contributed by atoms with Gasteiger partial charge in [-0.1, -0.05) is 24.3 Å². The van der Waals surface area contributed by atoms with Crippen LogP contribution in [0.5, 0.6) is 0 Å². The molecule has 5 nitrogen and oxygen atoms in total. The molecule has 0 radical (unpaired) electrons. The predicted octanol–water partition coefficient (Wildman–Crippen LogP) is 3.51. The second-order valence-electron chi connectivity index (χ2n) is 8.01. The van der Waals surface area contributed by atoms with E-state index in [1.807, 2.05) is 43.0 Å². The number of amides is 2. The molecule has 2 aliphatic rings. The summed E-state index contributed by atoms with van der Waals surface area (Å²) in [5, 5.41) is 2.97. The van der Waals surface area contributed by atoms with Crippen molar-refractivity contribution in [1.82, 2.24) is 4.90 Å². The molecular formula is C23H26FN3O2. The number of halogens is 1. The molecule has 2 fully saturated rings. The van der Waals surface area contributed by atoms with Crippen LogP contribution in [0.15, 0.2) is 42.5 Å². The lowest BCUT2D eigenvalue weighted by molar-refractivity contribution is -0.142. The Labute approximate surface area is 170 Å². The Balaban J connectivity index is 1.41. The highest BCUT2D eigenvalue weighted by molar-refractivity contribution is 6.13. The number of rotatable bonds is 4. The van der Waals surface area contributed by atoms with Gasteiger partial charge in [-0.3, -0.25) is 9.59 Å². The number of aryl methyl sites for hydroxylation is 1. The molecule has 4 rings (SSSR count). The molecule has 6 heteroatoms. The Kier molecular flexibility index (Phi) is 5.03. The number of benzene rings is 2. The molecular weight excluding hydrogens is 369 g/mol. The molecule has 1 aliphatic carbocycles. The third-order valence-electron chi connectivity index (χ3n) is 6.21. The molecule has 1 aliphatic heterocycles. The summed E-state index contributed by atoms with van der Waals surface area (Å²) >= 11 is 0. The molecule has 0 unspecified atom stereocenters. The Morgan fingerprint density at radius 1 is 0.966 bits per heavy atom. The zero-order chi connectivity index (χ0) is 20.6. The van der Waals surface area contributed by atoms with Gasteiger partial charge in [0.15, 0.2) is 0 Å². The monoisotopic (exact) mass is 395 g/mol. The third kappa shape index (κ3) is 3.59. The summed E-state index contributed by atoms with van der Waals surface area (Å²) in [5.74, 6) is -0.569. The van der Waals surface area contributed by atoms with Crippen LogP contribution in [0.1, 0.15) is 24.0 Å². The minimum absolute atomic E-state index is 0.103. The van der Waals surface area contributed by atoms with Crippen molar-refractivity contribution in [3.8, 4) is 0 Å². The fourth-order valence-corrected chi connectivity index (χ4v) is 3.95. The smallest absolute Gasteiger partial charge is 0.240 e. The molecule has 1 heterocycles. The molecule has 1 N–H and O–H groups in total. The van der Waals surface area contributed by atoms with E-state index >= 15 is 0 Å². The first-order chi connectivity index (χ1) is 13.9. The van der Waals surface area contributed by atoms with Crippen LogP contribution in [0, 0.1) is 25.1 Å².